The number of aryl methyl sites for hydroxylation is 1. The van der Waals surface area contributed by atoms with Gasteiger partial charge in [0, 0.05) is 25.3 Å². The standard InChI is InChI=1S/C25H41NO4/c1-6-14-29-25(28-7-2)22-13-12-20(16-19(22)5)17-26-23(15-18(3)4)24(27)30-21-10-8-9-11-21/h12-13,16,18,21,23,25-26H,6-11,14-15,17H2,1-5H3. The summed E-state index contributed by atoms with van der Waals surface area (Å²) in [5.74, 6) is 0.318. The van der Waals surface area contributed by atoms with E-state index in [1.54, 1.807) is 0 Å². The molecule has 0 radical (unpaired) electrons. The lowest BCUT2D eigenvalue weighted by Gasteiger charge is -2.23. The first kappa shape index (κ1) is 24.8. The number of benzene rings is 1. The molecule has 1 N–H and O–H groups in total. The lowest BCUT2D eigenvalue weighted by molar-refractivity contribution is -0.151. The maximum Gasteiger partial charge on any atom is 0.323 e. The molecule has 0 bridgehead atoms. The van der Waals surface area contributed by atoms with Crippen molar-refractivity contribution < 1.29 is 19.0 Å². The maximum atomic E-state index is 12.7. The summed E-state index contributed by atoms with van der Waals surface area (Å²) >= 11 is 0. The minimum atomic E-state index is -0.327. The second-order valence-corrected chi connectivity index (χ2v) is 8.76. The molecule has 5 heteroatoms. The van der Waals surface area contributed by atoms with Crippen molar-refractivity contribution in [2.45, 2.75) is 98.1 Å². The Hall–Kier alpha value is -1.43. The Morgan fingerprint density at radius 1 is 1.17 bits per heavy atom. The zero-order valence-corrected chi connectivity index (χ0v) is 19.5. The minimum absolute atomic E-state index is 0.103. The largest absolute Gasteiger partial charge is 0.461 e. The van der Waals surface area contributed by atoms with Crippen molar-refractivity contribution in [3.8, 4) is 0 Å². The molecular formula is C25H41NO4. The Balaban J connectivity index is 2.00. The fourth-order valence-corrected chi connectivity index (χ4v) is 3.94. The Labute approximate surface area is 182 Å². The molecule has 1 aromatic rings. The number of nitrogens with one attached hydrogen (secondary N) is 1. The van der Waals surface area contributed by atoms with Crippen LogP contribution in [0, 0.1) is 12.8 Å². The molecule has 0 heterocycles. The van der Waals surface area contributed by atoms with E-state index in [1.807, 2.05) is 6.92 Å². The first-order chi connectivity index (χ1) is 14.4. The molecule has 0 amide bonds. The first-order valence-corrected chi connectivity index (χ1v) is 11.7. The van der Waals surface area contributed by atoms with Crippen LogP contribution in [-0.4, -0.2) is 31.3 Å². The van der Waals surface area contributed by atoms with Crippen molar-refractivity contribution in [1.82, 2.24) is 5.32 Å². The van der Waals surface area contributed by atoms with E-state index < -0.39 is 0 Å². The lowest BCUT2D eigenvalue weighted by atomic mass is 10.0. The average Bonchev–Trinajstić information content (AvgIpc) is 3.21. The van der Waals surface area contributed by atoms with Crippen LogP contribution in [0.5, 0.6) is 0 Å². The number of rotatable bonds is 13. The summed E-state index contributed by atoms with van der Waals surface area (Å²) in [6, 6.07) is 6.05. The molecule has 1 saturated carbocycles. The summed E-state index contributed by atoms with van der Waals surface area (Å²) < 4.78 is 17.4. The number of hydrogen-bond donors (Lipinski definition) is 1. The maximum absolute atomic E-state index is 12.7. The summed E-state index contributed by atoms with van der Waals surface area (Å²) in [6.45, 7) is 12.4. The van der Waals surface area contributed by atoms with Crippen LogP contribution in [0.1, 0.15) is 89.2 Å². The van der Waals surface area contributed by atoms with Gasteiger partial charge in [0.2, 0.25) is 0 Å². The smallest absolute Gasteiger partial charge is 0.323 e. The molecule has 1 aliphatic rings. The minimum Gasteiger partial charge on any atom is -0.461 e. The highest BCUT2D eigenvalue weighted by molar-refractivity contribution is 5.76. The zero-order valence-electron chi connectivity index (χ0n) is 19.5. The highest BCUT2D eigenvalue weighted by Gasteiger charge is 2.26. The average molecular weight is 420 g/mol. The van der Waals surface area contributed by atoms with Crippen LogP contribution in [0.4, 0.5) is 0 Å². The summed E-state index contributed by atoms with van der Waals surface area (Å²) in [7, 11) is 0. The van der Waals surface area contributed by atoms with Gasteiger partial charge in [-0.1, -0.05) is 39.0 Å². The van der Waals surface area contributed by atoms with Crippen molar-refractivity contribution in [3.63, 3.8) is 0 Å². The molecule has 2 atom stereocenters. The topological polar surface area (TPSA) is 56.8 Å². The molecule has 0 aromatic heterocycles. The molecule has 170 valence electrons. The molecule has 1 aromatic carbocycles. The van der Waals surface area contributed by atoms with Crippen LogP contribution < -0.4 is 5.32 Å². The first-order valence-electron chi connectivity index (χ1n) is 11.7. The predicted molar refractivity (Wildman–Crippen MR) is 120 cm³/mol. The Morgan fingerprint density at radius 3 is 2.50 bits per heavy atom. The van der Waals surface area contributed by atoms with Crippen LogP contribution in [0.3, 0.4) is 0 Å². The normalized spacial score (nSPS) is 16.7. The number of carbonyl (C=O) groups excluding carboxylic acids is 1. The molecule has 1 aliphatic carbocycles. The molecular weight excluding hydrogens is 378 g/mol. The van der Waals surface area contributed by atoms with Crippen molar-refractivity contribution >= 4 is 5.97 Å². The van der Waals surface area contributed by atoms with E-state index in [4.69, 9.17) is 14.2 Å². The van der Waals surface area contributed by atoms with Crippen LogP contribution in [0.25, 0.3) is 0 Å². The Bertz CT molecular complexity index is 640. The van der Waals surface area contributed by atoms with Crippen LogP contribution in [0.2, 0.25) is 0 Å². The van der Waals surface area contributed by atoms with Gasteiger partial charge in [-0.3, -0.25) is 4.79 Å². The molecule has 0 aliphatic heterocycles. The van der Waals surface area contributed by atoms with Gasteiger partial charge in [-0.25, -0.2) is 0 Å². The van der Waals surface area contributed by atoms with Crippen LogP contribution >= 0.6 is 0 Å². The van der Waals surface area contributed by atoms with Gasteiger partial charge in [0.25, 0.3) is 0 Å². The van der Waals surface area contributed by atoms with Crippen molar-refractivity contribution in [2.75, 3.05) is 13.2 Å². The van der Waals surface area contributed by atoms with Crippen LogP contribution in [0.15, 0.2) is 18.2 Å². The highest BCUT2D eigenvalue weighted by Crippen LogP contribution is 2.25. The van der Waals surface area contributed by atoms with E-state index in [-0.39, 0.29) is 24.4 Å². The summed E-state index contributed by atoms with van der Waals surface area (Å²) in [5.41, 5.74) is 3.34. The fraction of sp³-hybridized carbons (Fsp3) is 0.720. The third kappa shape index (κ3) is 8.01. The van der Waals surface area contributed by atoms with Gasteiger partial charge in [-0.15, -0.1) is 0 Å². The zero-order chi connectivity index (χ0) is 21.9. The SMILES string of the molecule is CCCOC(OCC)c1ccc(CNC(CC(C)C)C(=O)OC2CCCC2)cc1C. The van der Waals surface area contributed by atoms with Gasteiger partial charge in [-0.2, -0.15) is 0 Å². The number of esters is 1. The molecule has 2 rings (SSSR count). The quantitative estimate of drug-likeness (QED) is 0.340. The van der Waals surface area contributed by atoms with E-state index in [9.17, 15) is 4.79 Å². The molecule has 2 unspecified atom stereocenters. The van der Waals surface area contributed by atoms with Gasteiger partial charge in [-0.05, 0) is 69.4 Å². The summed E-state index contributed by atoms with van der Waals surface area (Å²) in [6.07, 6.45) is 5.84. The van der Waals surface area contributed by atoms with E-state index in [1.165, 1.54) is 0 Å². The highest BCUT2D eigenvalue weighted by atomic mass is 16.7. The van der Waals surface area contributed by atoms with E-state index in [0.29, 0.717) is 25.7 Å². The molecule has 30 heavy (non-hydrogen) atoms. The number of hydrogen-bond acceptors (Lipinski definition) is 5. The van der Waals surface area contributed by atoms with Crippen LogP contribution in [-0.2, 0) is 25.5 Å². The van der Waals surface area contributed by atoms with Gasteiger partial charge in [0.15, 0.2) is 6.29 Å². The van der Waals surface area contributed by atoms with Gasteiger partial charge < -0.3 is 19.5 Å². The van der Waals surface area contributed by atoms with Gasteiger partial charge in [0.05, 0.1) is 0 Å². The number of ether oxygens (including phenoxy) is 3. The Kier molecular flexibility index (Phi) is 10.8. The van der Waals surface area contributed by atoms with Gasteiger partial charge >= 0.3 is 5.97 Å². The number of carbonyl (C=O) groups is 1. The second kappa shape index (κ2) is 13.1. The molecule has 0 saturated heterocycles. The monoisotopic (exact) mass is 419 g/mol. The van der Waals surface area contributed by atoms with E-state index in [2.05, 4.69) is 51.2 Å². The molecule has 1 fully saturated rings. The summed E-state index contributed by atoms with van der Waals surface area (Å²) in [5, 5.41) is 3.44. The van der Waals surface area contributed by atoms with Gasteiger partial charge in [0.1, 0.15) is 12.1 Å². The Morgan fingerprint density at radius 2 is 1.90 bits per heavy atom. The third-order valence-corrected chi connectivity index (χ3v) is 5.51. The van der Waals surface area contributed by atoms with E-state index in [0.717, 1.165) is 55.2 Å². The van der Waals surface area contributed by atoms with Crippen molar-refractivity contribution in [3.05, 3.63) is 34.9 Å². The lowest BCUT2D eigenvalue weighted by Crippen LogP contribution is -2.40. The predicted octanol–water partition coefficient (Wildman–Crippen LogP) is 5.45. The molecule has 0 spiro atoms. The second-order valence-electron chi connectivity index (χ2n) is 8.76. The van der Waals surface area contributed by atoms with E-state index >= 15 is 0 Å². The fourth-order valence-electron chi connectivity index (χ4n) is 3.94. The third-order valence-electron chi connectivity index (χ3n) is 5.51. The van der Waals surface area contributed by atoms with Crippen molar-refractivity contribution in [1.29, 1.82) is 0 Å². The molecule has 5 nitrogen and oxygen atoms in total. The van der Waals surface area contributed by atoms with Crippen molar-refractivity contribution in [2.24, 2.45) is 5.92 Å². The summed E-state index contributed by atoms with van der Waals surface area (Å²) in [4.78, 5) is 12.7.